The average Bonchev–Trinajstić information content (AvgIpc) is 2.78. The highest BCUT2D eigenvalue weighted by atomic mass is 16.2. The minimum Gasteiger partial charge on any atom is -0.356 e. The number of nitrogens with zero attached hydrogens (tertiary/aromatic N) is 4. The second-order valence-corrected chi connectivity index (χ2v) is 7.53. The minimum absolute atomic E-state index is 0.0399. The van der Waals surface area contributed by atoms with Gasteiger partial charge in [-0.3, -0.25) is 14.5 Å². The summed E-state index contributed by atoms with van der Waals surface area (Å²) in [7, 11) is 0. The number of anilines is 1. The summed E-state index contributed by atoms with van der Waals surface area (Å²) in [5.41, 5.74) is 0.601. The van der Waals surface area contributed by atoms with Gasteiger partial charge < -0.3 is 15.5 Å². The van der Waals surface area contributed by atoms with E-state index in [0.717, 1.165) is 45.1 Å². The Morgan fingerprint density at radius 1 is 1.03 bits per heavy atom. The van der Waals surface area contributed by atoms with Gasteiger partial charge in [-0.2, -0.15) is 0 Å². The van der Waals surface area contributed by atoms with Gasteiger partial charge in [0.05, 0.1) is 0 Å². The molecule has 0 bridgehead atoms. The highest BCUT2D eigenvalue weighted by Gasteiger charge is 2.18. The number of nitrogens with one attached hydrogen (secondary N) is 2. The summed E-state index contributed by atoms with van der Waals surface area (Å²) in [4.78, 5) is 37.5. The third kappa shape index (κ3) is 6.81. The first-order chi connectivity index (χ1) is 14.6. The van der Waals surface area contributed by atoms with Crippen LogP contribution in [0.3, 0.4) is 0 Å². The number of benzene rings is 1. The van der Waals surface area contributed by atoms with Crippen LogP contribution in [0.25, 0.3) is 0 Å². The second-order valence-electron chi connectivity index (χ2n) is 7.53. The van der Waals surface area contributed by atoms with E-state index in [9.17, 15) is 9.59 Å². The maximum absolute atomic E-state index is 12.1. The van der Waals surface area contributed by atoms with Crippen molar-refractivity contribution in [3.8, 4) is 0 Å². The van der Waals surface area contributed by atoms with Crippen molar-refractivity contribution in [2.45, 2.75) is 25.8 Å². The van der Waals surface area contributed by atoms with Crippen LogP contribution >= 0.6 is 0 Å². The molecule has 1 aliphatic rings. The predicted octanol–water partition coefficient (Wildman–Crippen LogP) is 1.31. The van der Waals surface area contributed by atoms with Crippen molar-refractivity contribution in [3.05, 3.63) is 54.4 Å². The predicted molar refractivity (Wildman–Crippen MR) is 116 cm³/mol. The zero-order valence-corrected chi connectivity index (χ0v) is 17.5. The van der Waals surface area contributed by atoms with Gasteiger partial charge in [0.25, 0.3) is 5.91 Å². The molecule has 1 fully saturated rings. The molecule has 3 rings (SSSR count). The van der Waals surface area contributed by atoms with E-state index >= 15 is 0 Å². The zero-order chi connectivity index (χ0) is 21.2. The van der Waals surface area contributed by atoms with Crippen LogP contribution in [-0.2, 0) is 4.79 Å². The molecule has 2 aromatic rings. The number of amides is 2. The molecule has 8 heteroatoms. The molecule has 0 saturated carbocycles. The van der Waals surface area contributed by atoms with Gasteiger partial charge in [0.2, 0.25) is 11.9 Å². The molecule has 1 saturated heterocycles. The number of hydrogen-bond acceptors (Lipinski definition) is 6. The Balaban J connectivity index is 1.27. The summed E-state index contributed by atoms with van der Waals surface area (Å²) in [5.74, 6) is 0.593. The van der Waals surface area contributed by atoms with E-state index in [1.165, 1.54) is 0 Å². The fourth-order valence-corrected chi connectivity index (χ4v) is 3.45. The summed E-state index contributed by atoms with van der Waals surface area (Å²) in [6, 6.07) is 10.6. The van der Waals surface area contributed by atoms with Crippen LogP contribution in [-0.4, -0.2) is 72.0 Å². The van der Waals surface area contributed by atoms with E-state index in [1.807, 2.05) is 31.2 Å². The van der Waals surface area contributed by atoms with Crippen LogP contribution < -0.4 is 15.5 Å². The highest BCUT2D eigenvalue weighted by molar-refractivity contribution is 5.94. The molecule has 2 amide bonds. The molecule has 0 radical (unpaired) electrons. The molecule has 160 valence electrons. The van der Waals surface area contributed by atoms with Gasteiger partial charge in [-0.1, -0.05) is 18.2 Å². The number of aromatic nitrogens is 2. The number of hydrogen-bond donors (Lipinski definition) is 2. The lowest BCUT2D eigenvalue weighted by Gasteiger charge is -2.34. The van der Waals surface area contributed by atoms with Gasteiger partial charge >= 0.3 is 0 Å². The van der Waals surface area contributed by atoms with E-state index in [2.05, 4.69) is 30.4 Å². The fourth-order valence-electron chi connectivity index (χ4n) is 3.45. The first-order valence-corrected chi connectivity index (χ1v) is 10.5. The Bertz CT molecular complexity index is 794. The van der Waals surface area contributed by atoms with Crippen LogP contribution in [0.2, 0.25) is 0 Å². The van der Waals surface area contributed by atoms with Gasteiger partial charge in [0.1, 0.15) is 0 Å². The molecule has 30 heavy (non-hydrogen) atoms. The smallest absolute Gasteiger partial charge is 0.251 e. The summed E-state index contributed by atoms with van der Waals surface area (Å²) >= 11 is 0. The van der Waals surface area contributed by atoms with E-state index in [0.29, 0.717) is 12.1 Å². The van der Waals surface area contributed by atoms with E-state index in [-0.39, 0.29) is 24.3 Å². The number of piperazine rings is 1. The molecule has 8 nitrogen and oxygen atoms in total. The number of rotatable bonds is 9. The van der Waals surface area contributed by atoms with Crippen LogP contribution in [0.5, 0.6) is 0 Å². The molecule has 0 spiro atoms. The fraction of sp³-hybridized carbons (Fsp3) is 0.455. The van der Waals surface area contributed by atoms with Crippen molar-refractivity contribution in [2.24, 2.45) is 0 Å². The molecular formula is C22H30N6O2. The summed E-state index contributed by atoms with van der Waals surface area (Å²) in [5, 5.41) is 5.82. The third-order valence-corrected chi connectivity index (χ3v) is 5.09. The van der Waals surface area contributed by atoms with E-state index < -0.39 is 0 Å². The van der Waals surface area contributed by atoms with Gasteiger partial charge in [0, 0.05) is 63.1 Å². The molecule has 1 atom stereocenters. The van der Waals surface area contributed by atoms with E-state index in [4.69, 9.17) is 0 Å². The summed E-state index contributed by atoms with van der Waals surface area (Å²) in [6.07, 6.45) is 4.71. The summed E-state index contributed by atoms with van der Waals surface area (Å²) < 4.78 is 0. The SMILES string of the molecule is CC(CC(=O)NCCCN1CCN(c2ncccn2)CC1)NC(=O)c1ccccc1. The molecule has 1 unspecified atom stereocenters. The Morgan fingerprint density at radius 2 is 1.73 bits per heavy atom. The average molecular weight is 411 g/mol. The van der Waals surface area contributed by atoms with Crippen molar-refractivity contribution in [1.29, 1.82) is 0 Å². The van der Waals surface area contributed by atoms with Crippen LogP contribution in [0.15, 0.2) is 48.8 Å². The van der Waals surface area contributed by atoms with Crippen LogP contribution in [0.1, 0.15) is 30.1 Å². The minimum atomic E-state index is -0.217. The van der Waals surface area contributed by atoms with Gasteiger partial charge in [-0.25, -0.2) is 9.97 Å². The Labute approximate surface area is 177 Å². The molecular weight excluding hydrogens is 380 g/mol. The summed E-state index contributed by atoms with van der Waals surface area (Å²) in [6.45, 7) is 7.19. The lowest BCUT2D eigenvalue weighted by Crippen LogP contribution is -2.47. The maximum atomic E-state index is 12.1. The normalized spacial score (nSPS) is 15.4. The first-order valence-electron chi connectivity index (χ1n) is 10.5. The molecule has 1 aliphatic heterocycles. The van der Waals surface area contributed by atoms with Crippen LogP contribution in [0.4, 0.5) is 5.95 Å². The van der Waals surface area contributed by atoms with Crippen molar-refractivity contribution in [2.75, 3.05) is 44.2 Å². The highest BCUT2D eigenvalue weighted by Crippen LogP contribution is 2.09. The van der Waals surface area contributed by atoms with Crippen molar-refractivity contribution in [3.63, 3.8) is 0 Å². The quantitative estimate of drug-likeness (QED) is 0.606. The Morgan fingerprint density at radius 3 is 2.43 bits per heavy atom. The van der Waals surface area contributed by atoms with Crippen molar-refractivity contribution < 1.29 is 9.59 Å². The standard InChI is InChI=1S/C22H30N6O2/c1-18(26-21(30)19-7-3-2-4-8-19)17-20(29)23-11-6-12-27-13-15-28(16-14-27)22-24-9-5-10-25-22/h2-5,7-10,18H,6,11-17H2,1H3,(H,23,29)(H,26,30). The third-order valence-electron chi connectivity index (χ3n) is 5.09. The topological polar surface area (TPSA) is 90.5 Å². The van der Waals surface area contributed by atoms with Gasteiger partial charge in [-0.15, -0.1) is 0 Å². The maximum Gasteiger partial charge on any atom is 0.251 e. The monoisotopic (exact) mass is 410 g/mol. The Hall–Kier alpha value is -3.00. The lowest BCUT2D eigenvalue weighted by molar-refractivity contribution is -0.121. The van der Waals surface area contributed by atoms with Crippen molar-refractivity contribution >= 4 is 17.8 Å². The first kappa shape index (κ1) is 21.7. The largest absolute Gasteiger partial charge is 0.356 e. The van der Waals surface area contributed by atoms with Gasteiger partial charge in [0.15, 0.2) is 0 Å². The number of carbonyl (C=O) groups excluding carboxylic acids is 2. The molecule has 2 heterocycles. The second kappa shape index (κ2) is 11.3. The van der Waals surface area contributed by atoms with Gasteiger partial charge in [-0.05, 0) is 38.1 Å². The van der Waals surface area contributed by atoms with Crippen LogP contribution in [0, 0.1) is 0 Å². The van der Waals surface area contributed by atoms with Crippen molar-refractivity contribution in [1.82, 2.24) is 25.5 Å². The molecule has 1 aromatic heterocycles. The lowest BCUT2D eigenvalue weighted by atomic mass is 10.1. The van der Waals surface area contributed by atoms with E-state index in [1.54, 1.807) is 24.5 Å². The molecule has 1 aromatic carbocycles. The Kier molecular flexibility index (Phi) is 8.14. The number of carbonyl (C=O) groups is 2. The zero-order valence-electron chi connectivity index (χ0n) is 17.5. The molecule has 2 N–H and O–H groups in total. The molecule has 0 aliphatic carbocycles.